The van der Waals surface area contributed by atoms with Gasteiger partial charge in [0.05, 0.1) is 5.56 Å². The van der Waals surface area contributed by atoms with Crippen LogP contribution >= 0.6 is 0 Å². The van der Waals surface area contributed by atoms with E-state index in [1.54, 1.807) is 13.1 Å². The maximum absolute atomic E-state index is 12.4. The molecule has 0 fully saturated rings. The molecule has 0 amide bonds. The molecule has 0 aliphatic carbocycles. The number of halogens is 3. The van der Waals surface area contributed by atoms with Crippen molar-refractivity contribution in [2.45, 2.75) is 6.18 Å². The molecule has 1 N–H and O–H groups in total. The quantitative estimate of drug-likeness (QED) is 0.817. The lowest BCUT2D eigenvalue weighted by Gasteiger charge is -2.10. The third-order valence-electron chi connectivity index (χ3n) is 1.99. The maximum atomic E-state index is 12.4. The molecule has 0 saturated carbocycles. The first-order valence-corrected chi connectivity index (χ1v) is 4.45. The van der Waals surface area contributed by atoms with Crippen LogP contribution in [-0.4, -0.2) is 13.6 Å². The van der Waals surface area contributed by atoms with Crippen LogP contribution in [0.1, 0.15) is 11.1 Å². The maximum Gasteiger partial charge on any atom is 0.416 e. The smallest absolute Gasteiger partial charge is 0.316 e. The summed E-state index contributed by atoms with van der Waals surface area (Å²) in [5.41, 5.74) is 0.514. The molecule has 1 rings (SSSR count). The average Bonchev–Trinajstić information content (AvgIpc) is 2.17. The van der Waals surface area contributed by atoms with Gasteiger partial charge >= 0.3 is 6.18 Å². The highest BCUT2D eigenvalue weighted by molar-refractivity contribution is 5.65. The molecule has 1 nitrogen and oxygen atoms in total. The summed E-state index contributed by atoms with van der Waals surface area (Å²) in [5, 5.41) is 2.84. The lowest BCUT2D eigenvalue weighted by atomic mass is 10.0. The average molecular weight is 215 g/mol. The molecule has 15 heavy (non-hydrogen) atoms. The number of likely N-dealkylation sites (N-methyl/N-ethyl adjacent to an activating group) is 1. The highest BCUT2D eigenvalue weighted by atomic mass is 19.4. The van der Waals surface area contributed by atoms with E-state index in [1.807, 2.05) is 0 Å². The van der Waals surface area contributed by atoms with Crippen LogP contribution in [0.25, 0.3) is 5.57 Å². The molecular weight excluding hydrogens is 203 g/mol. The SMILES string of the molecule is C=C(CNC)c1cccc(C(F)(F)F)c1. The zero-order valence-electron chi connectivity index (χ0n) is 8.36. The third-order valence-corrected chi connectivity index (χ3v) is 1.99. The zero-order chi connectivity index (χ0) is 11.5. The van der Waals surface area contributed by atoms with Gasteiger partial charge in [-0.25, -0.2) is 0 Å². The first-order valence-electron chi connectivity index (χ1n) is 4.45. The molecule has 0 bridgehead atoms. The molecule has 0 atom stereocenters. The van der Waals surface area contributed by atoms with Gasteiger partial charge in [-0.15, -0.1) is 0 Å². The van der Waals surface area contributed by atoms with Crippen molar-refractivity contribution < 1.29 is 13.2 Å². The summed E-state index contributed by atoms with van der Waals surface area (Å²) in [7, 11) is 1.72. The lowest BCUT2D eigenvalue weighted by Crippen LogP contribution is -2.10. The predicted molar refractivity (Wildman–Crippen MR) is 54.4 cm³/mol. The minimum absolute atomic E-state index is 0.474. The normalized spacial score (nSPS) is 11.5. The Labute approximate surface area is 86.6 Å². The largest absolute Gasteiger partial charge is 0.416 e. The molecular formula is C11H12F3N. The van der Waals surface area contributed by atoms with Crippen molar-refractivity contribution in [3.05, 3.63) is 42.0 Å². The monoisotopic (exact) mass is 215 g/mol. The Morgan fingerprint density at radius 2 is 2.07 bits per heavy atom. The minimum atomic E-state index is -4.30. The van der Waals surface area contributed by atoms with Gasteiger partial charge in [-0.3, -0.25) is 0 Å². The van der Waals surface area contributed by atoms with Crippen LogP contribution in [0.4, 0.5) is 13.2 Å². The second-order valence-electron chi connectivity index (χ2n) is 3.21. The Balaban J connectivity index is 2.98. The van der Waals surface area contributed by atoms with E-state index in [9.17, 15) is 13.2 Å². The van der Waals surface area contributed by atoms with Crippen LogP contribution in [0.3, 0.4) is 0 Å². The summed E-state index contributed by atoms with van der Waals surface area (Å²) < 4.78 is 37.1. The third kappa shape index (κ3) is 3.09. The Morgan fingerprint density at radius 1 is 1.40 bits per heavy atom. The summed E-state index contributed by atoms with van der Waals surface area (Å²) in [4.78, 5) is 0. The fourth-order valence-electron chi connectivity index (χ4n) is 1.23. The van der Waals surface area contributed by atoms with Crippen molar-refractivity contribution in [2.24, 2.45) is 0 Å². The van der Waals surface area contributed by atoms with Gasteiger partial charge in [0.1, 0.15) is 0 Å². The molecule has 0 aliphatic heterocycles. The fourth-order valence-corrected chi connectivity index (χ4v) is 1.23. The molecule has 1 aromatic rings. The van der Waals surface area contributed by atoms with Gasteiger partial charge in [0, 0.05) is 6.54 Å². The van der Waals surface area contributed by atoms with Crippen molar-refractivity contribution in [1.29, 1.82) is 0 Å². The highest BCUT2D eigenvalue weighted by Gasteiger charge is 2.30. The van der Waals surface area contributed by atoms with Gasteiger partial charge in [0.15, 0.2) is 0 Å². The van der Waals surface area contributed by atoms with Gasteiger partial charge < -0.3 is 5.32 Å². The van der Waals surface area contributed by atoms with E-state index in [0.29, 0.717) is 17.7 Å². The standard InChI is InChI=1S/C11H12F3N/c1-8(7-15-2)9-4-3-5-10(6-9)11(12,13)14/h3-6,15H,1,7H2,2H3. The summed E-state index contributed by atoms with van der Waals surface area (Å²) in [6, 6.07) is 5.17. The number of hydrogen-bond donors (Lipinski definition) is 1. The molecule has 0 unspecified atom stereocenters. The molecule has 0 spiro atoms. The van der Waals surface area contributed by atoms with Gasteiger partial charge in [-0.05, 0) is 30.3 Å². The predicted octanol–water partition coefficient (Wildman–Crippen LogP) is 2.94. The van der Waals surface area contributed by atoms with E-state index in [0.717, 1.165) is 12.1 Å². The van der Waals surface area contributed by atoms with Gasteiger partial charge in [0.25, 0.3) is 0 Å². The van der Waals surface area contributed by atoms with Crippen molar-refractivity contribution in [2.75, 3.05) is 13.6 Å². The van der Waals surface area contributed by atoms with E-state index in [-0.39, 0.29) is 0 Å². The summed E-state index contributed by atoms with van der Waals surface area (Å²) in [6.45, 7) is 4.18. The van der Waals surface area contributed by atoms with E-state index in [1.165, 1.54) is 6.07 Å². The minimum Gasteiger partial charge on any atom is -0.316 e. The van der Waals surface area contributed by atoms with Crippen molar-refractivity contribution >= 4 is 5.57 Å². The molecule has 0 saturated heterocycles. The van der Waals surface area contributed by atoms with Crippen LogP contribution in [0, 0.1) is 0 Å². The van der Waals surface area contributed by atoms with Crippen molar-refractivity contribution in [3.8, 4) is 0 Å². The van der Waals surface area contributed by atoms with Crippen LogP contribution in [-0.2, 0) is 6.18 Å². The Kier molecular flexibility index (Phi) is 3.52. The summed E-state index contributed by atoms with van der Waals surface area (Å²) >= 11 is 0. The number of benzene rings is 1. The molecule has 0 heterocycles. The summed E-state index contributed by atoms with van der Waals surface area (Å²) in [5.74, 6) is 0. The summed E-state index contributed by atoms with van der Waals surface area (Å²) in [6.07, 6.45) is -4.30. The Bertz CT molecular complexity index is 355. The van der Waals surface area contributed by atoms with E-state index in [2.05, 4.69) is 11.9 Å². The molecule has 82 valence electrons. The van der Waals surface area contributed by atoms with E-state index in [4.69, 9.17) is 0 Å². The first kappa shape index (κ1) is 11.8. The number of rotatable bonds is 3. The molecule has 0 aromatic heterocycles. The van der Waals surface area contributed by atoms with Crippen molar-refractivity contribution in [1.82, 2.24) is 5.32 Å². The van der Waals surface area contributed by atoms with Crippen LogP contribution in [0.15, 0.2) is 30.8 Å². The first-order chi connectivity index (χ1) is 6.95. The van der Waals surface area contributed by atoms with Gasteiger partial charge in [-0.1, -0.05) is 18.7 Å². The second kappa shape index (κ2) is 4.49. The van der Waals surface area contributed by atoms with Crippen LogP contribution in [0.2, 0.25) is 0 Å². The van der Waals surface area contributed by atoms with Gasteiger partial charge in [0.2, 0.25) is 0 Å². The Hall–Kier alpha value is -1.29. The Morgan fingerprint density at radius 3 is 2.60 bits per heavy atom. The molecule has 0 radical (unpaired) electrons. The topological polar surface area (TPSA) is 12.0 Å². The number of nitrogens with one attached hydrogen (secondary N) is 1. The van der Waals surface area contributed by atoms with E-state index < -0.39 is 11.7 Å². The molecule has 0 aliphatic rings. The van der Waals surface area contributed by atoms with Gasteiger partial charge in [-0.2, -0.15) is 13.2 Å². The lowest BCUT2D eigenvalue weighted by molar-refractivity contribution is -0.137. The van der Waals surface area contributed by atoms with Crippen LogP contribution in [0.5, 0.6) is 0 Å². The number of hydrogen-bond acceptors (Lipinski definition) is 1. The molecule has 1 aromatic carbocycles. The van der Waals surface area contributed by atoms with E-state index >= 15 is 0 Å². The van der Waals surface area contributed by atoms with Crippen molar-refractivity contribution in [3.63, 3.8) is 0 Å². The fraction of sp³-hybridized carbons (Fsp3) is 0.273. The second-order valence-corrected chi connectivity index (χ2v) is 3.21. The molecule has 4 heteroatoms. The van der Waals surface area contributed by atoms with Crippen LogP contribution < -0.4 is 5.32 Å². The highest BCUT2D eigenvalue weighted by Crippen LogP contribution is 2.30. The zero-order valence-corrected chi connectivity index (χ0v) is 8.36. The number of alkyl halides is 3.